The summed E-state index contributed by atoms with van der Waals surface area (Å²) in [6.07, 6.45) is 1.58. The number of hydrogen-bond donors (Lipinski definition) is 2. The molecule has 0 aromatic carbocycles. The second kappa shape index (κ2) is 2.37. The lowest BCUT2D eigenvalue weighted by molar-refractivity contribution is 0.403. The number of nitrogens with one attached hydrogen (secondary N) is 1. The lowest BCUT2D eigenvalue weighted by Gasteiger charge is -1.99. The second-order valence-corrected chi connectivity index (χ2v) is 2.36. The Morgan fingerprint density at radius 1 is 1.58 bits per heavy atom. The average molecular weight is 164 g/mol. The van der Waals surface area contributed by atoms with Gasteiger partial charge in [0, 0.05) is 6.07 Å². The number of hydrogen-bond acceptors (Lipinski definition) is 4. The predicted octanol–water partition coefficient (Wildman–Crippen LogP) is 0.549. The van der Waals surface area contributed by atoms with Gasteiger partial charge in [-0.15, -0.1) is 0 Å². The number of ether oxygens (including phenoxy) is 1. The van der Waals surface area contributed by atoms with Gasteiger partial charge in [0.25, 0.3) is 0 Å². The van der Waals surface area contributed by atoms with Crippen molar-refractivity contribution in [2.75, 3.05) is 12.8 Å². The molecule has 5 nitrogen and oxygen atoms in total. The quantitative estimate of drug-likeness (QED) is 0.645. The van der Waals surface area contributed by atoms with Crippen LogP contribution in [0.4, 0.5) is 5.82 Å². The van der Waals surface area contributed by atoms with Gasteiger partial charge >= 0.3 is 0 Å². The summed E-state index contributed by atoms with van der Waals surface area (Å²) >= 11 is 0. The van der Waals surface area contributed by atoms with Crippen molar-refractivity contribution in [3.63, 3.8) is 0 Å². The third-order valence-corrected chi connectivity index (χ3v) is 1.59. The fourth-order valence-electron chi connectivity index (χ4n) is 1.08. The standard InChI is InChI=1S/C7H8N4O/c1-12-7-6-4(9-3-10-6)2-5(8)11-7/h2-3H,1H3,(H2,8,11)(H,9,10). The van der Waals surface area contributed by atoms with Gasteiger partial charge in [-0.1, -0.05) is 0 Å². The van der Waals surface area contributed by atoms with Crippen molar-refractivity contribution < 1.29 is 4.74 Å². The lowest BCUT2D eigenvalue weighted by Crippen LogP contribution is -1.94. The molecule has 0 aliphatic heterocycles. The molecule has 0 radical (unpaired) electrons. The van der Waals surface area contributed by atoms with Crippen molar-refractivity contribution >= 4 is 16.9 Å². The van der Waals surface area contributed by atoms with E-state index in [1.54, 1.807) is 12.4 Å². The van der Waals surface area contributed by atoms with Crippen molar-refractivity contribution in [2.24, 2.45) is 0 Å². The highest BCUT2D eigenvalue weighted by molar-refractivity contribution is 5.81. The summed E-state index contributed by atoms with van der Waals surface area (Å²) in [5, 5.41) is 0. The zero-order valence-corrected chi connectivity index (χ0v) is 6.53. The molecule has 0 unspecified atom stereocenters. The van der Waals surface area contributed by atoms with Gasteiger partial charge in [-0.25, -0.2) is 4.98 Å². The van der Waals surface area contributed by atoms with E-state index in [4.69, 9.17) is 10.5 Å². The Kier molecular flexibility index (Phi) is 1.36. The monoisotopic (exact) mass is 164 g/mol. The molecule has 0 saturated heterocycles. The van der Waals surface area contributed by atoms with Crippen molar-refractivity contribution in [2.45, 2.75) is 0 Å². The van der Waals surface area contributed by atoms with Crippen LogP contribution in [-0.2, 0) is 0 Å². The SMILES string of the molecule is COc1nc(N)cc2[nH]cnc12. The molecule has 0 atom stereocenters. The molecule has 0 bridgehead atoms. The normalized spacial score (nSPS) is 10.4. The van der Waals surface area contributed by atoms with Crippen LogP contribution < -0.4 is 10.5 Å². The Balaban J connectivity index is 2.80. The van der Waals surface area contributed by atoms with Crippen molar-refractivity contribution in [3.8, 4) is 5.88 Å². The molecule has 0 aliphatic carbocycles. The fourth-order valence-corrected chi connectivity index (χ4v) is 1.08. The largest absolute Gasteiger partial charge is 0.479 e. The number of anilines is 1. The van der Waals surface area contributed by atoms with E-state index in [-0.39, 0.29) is 0 Å². The fraction of sp³-hybridized carbons (Fsp3) is 0.143. The first kappa shape index (κ1) is 6.90. The van der Waals surface area contributed by atoms with E-state index in [2.05, 4.69) is 15.0 Å². The maximum Gasteiger partial charge on any atom is 0.243 e. The molecule has 62 valence electrons. The molecule has 12 heavy (non-hydrogen) atoms. The Hall–Kier alpha value is -1.78. The Bertz CT molecular complexity index is 409. The molecule has 3 N–H and O–H groups in total. The molecule has 2 heterocycles. The third kappa shape index (κ3) is 0.868. The zero-order chi connectivity index (χ0) is 8.55. The molecule has 5 heteroatoms. The summed E-state index contributed by atoms with van der Waals surface area (Å²) < 4.78 is 4.99. The minimum atomic E-state index is 0.420. The molecule has 2 rings (SSSR count). The number of nitrogens with two attached hydrogens (primary N) is 1. The van der Waals surface area contributed by atoms with E-state index in [0.29, 0.717) is 17.2 Å². The van der Waals surface area contributed by atoms with Gasteiger partial charge in [0.2, 0.25) is 5.88 Å². The molecule has 0 amide bonds. The highest BCUT2D eigenvalue weighted by Crippen LogP contribution is 2.21. The number of aromatic amines is 1. The van der Waals surface area contributed by atoms with Gasteiger partial charge in [0.15, 0.2) is 5.52 Å². The van der Waals surface area contributed by atoms with Crippen molar-refractivity contribution in [1.29, 1.82) is 0 Å². The maximum atomic E-state index is 5.52. The van der Waals surface area contributed by atoms with E-state index in [1.807, 2.05) is 0 Å². The first-order valence-corrected chi connectivity index (χ1v) is 3.45. The minimum Gasteiger partial charge on any atom is -0.479 e. The highest BCUT2D eigenvalue weighted by atomic mass is 16.5. The van der Waals surface area contributed by atoms with Crippen LogP contribution in [0.3, 0.4) is 0 Å². The zero-order valence-electron chi connectivity index (χ0n) is 6.53. The van der Waals surface area contributed by atoms with E-state index in [0.717, 1.165) is 5.52 Å². The predicted molar refractivity (Wildman–Crippen MR) is 44.9 cm³/mol. The smallest absolute Gasteiger partial charge is 0.243 e. The molecule has 0 fully saturated rings. The Morgan fingerprint density at radius 3 is 3.17 bits per heavy atom. The molecular weight excluding hydrogens is 156 g/mol. The van der Waals surface area contributed by atoms with Gasteiger partial charge in [-0.3, -0.25) is 0 Å². The van der Waals surface area contributed by atoms with Gasteiger partial charge < -0.3 is 15.5 Å². The topological polar surface area (TPSA) is 76.8 Å². The van der Waals surface area contributed by atoms with Crippen LogP contribution >= 0.6 is 0 Å². The lowest BCUT2D eigenvalue weighted by atomic mass is 10.4. The summed E-state index contributed by atoms with van der Waals surface area (Å²) in [7, 11) is 1.54. The Morgan fingerprint density at radius 2 is 2.42 bits per heavy atom. The molecule has 0 saturated carbocycles. The second-order valence-electron chi connectivity index (χ2n) is 2.36. The van der Waals surface area contributed by atoms with Crippen molar-refractivity contribution in [3.05, 3.63) is 12.4 Å². The van der Waals surface area contributed by atoms with Crippen LogP contribution in [0.25, 0.3) is 11.0 Å². The summed E-state index contributed by atoms with van der Waals surface area (Å²) in [4.78, 5) is 10.9. The molecule has 2 aromatic rings. The summed E-state index contributed by atoms with van der Waals surface area (Å²) in [5.74, 6) is 0.870. The summed E-state index contributed by atoms with van der Waals surface area (Å²) in [6.45, 7) is 0. The number of nitrogen functional groups attached to an aromatic ring is 1. The molecular formula is C7H8N4O. The minimum absolute atomic E-state index is 0.420. The van der Waals surface area contributed by atoms with Crippen LogP contribution in [0.2, 0.25) is 0 Å². The van der Waals surface area contributed by atoms with E-state index in [9.17, 15) is 0 Å². The van der Waals surface area contributed by atoms with E-state index >= 15 is 0 Å². The van der Waals surface area contributed by atoms with Crippen LogP contribution in [0.15, 0.2) is 12.4 Å². The van der Waals surface area contributed by atoms with Gasteiger partial charge in [-0.2, -0.15) is 4.98 Å². The number of aromatic nitrogens is 3. The van der Waals surface area contributed by atoms with Crippen LogP contribution in [0.5, 0.6) is 5.88 Å². The molecule has 0 aliphatic rings. The van der Waals surface area contributed by atoms with E-state index in [1.165, 1.54) is 7.11 Å². The molecule has 2 aromatic heterocycles. The number of rotatable bonds is 1. The van der Waals surface area contributed by atoms with E-state index < -0.39 is 0 Å². The van der Waals surface area contributed by atoms with Gasteiger partial charge in [-0.05, 0) is 0 Å². The van der Waals surface area contributed by atoms with Gasteiger partial charge in [0.1, 0.15) is 5.82 Å². The third-order valence-electron chi connectivity index (χ3n) is 1.59. The van der Waals surface area contributed by atoms with Crippen LogP contribution in [0, 0.1) is 0 Å². The number of imidazole rings is 1. The number of pyridine rings is 1. The first-order valence-electron chi connectivity index (χ1n) is 3.45. The number of nitrogens with zero attached hydrogens (tertiary/aromatic N) is 2. The van der Waals surface area contributed by atoms with Gasteiger partial charge in [0.05, 0.1) is 19.0 Å². The van der Waals surface area contributed by atoms with Crippen LogP contribution in [0.1, 0.15) is 0 Å². The highest BCUT2D eigenvalue weighted by Gasteiger charge is 2.05. The number of methoxy groups -OCH3 is 1. The summed E-state index contributed by atoms with van der Waals surface area (Å²) in [6, 6.07) is 1.71. The van der Waals surface area contributed by atoms with Crippen molar-refractivity contribution in [1.82, 2.24) is 15.0 Å². The number of H-pyrrole nitrogens is 1. The Labute approximate surface area is 68.6 Å². The average Bonchev–Trinajstić information content (AvgIpc) is 2.50. The van der Waals surface area contributed by atoms with Crippen LogP contribution in [-0.4, -0.2) is 22.1 Å². The number of fused-ring (bicyclic) bond motifs is 1. The first-order chi connectivity index (χ1) is 5.81. The summed E-state index contributed by atoms with van der Waals surface area (Å²) in [5.41, 5.74) is 7.05. The molecule has 0 spiro atoms. The maximum absolute atomic E-state index is 5.52.